The van der Waals surface area contributed by atoms with Crippen molar-refractivity contribution in [1.29, 1.82) is 0 Å². The normalized spacial score (nSPS) is 17.7. The highest BCUT2D eigenvalue weighted by atomic mass is 79.9. The number of hydrogen-bond acceptors (Lipinski definition) is 4. The van der Waals surface area contributed by atoms with Crippen molar-refractivity contribution in [3.63, 3.8) is 0 Å². The fourth-order valence-electron chi connectivity index (χ4n) is 2.11. The second kappa shape index (κ2) is 5.67. The van der Waals surface area contributed by atoms with E-state index in [-0.39, 0.29) is 10.6 Å². The number of nitro benzene ring substituents is 1. The van der Waals surface area contributed by atoms with Gasteiger partial charge < -0.3 is 10.2 Å². The third kappa shape index (κ3) is 3.20. The van der Waals surface area contributed by atoms with Crippen LogP contribution >= 0.6 is 15.9 Å². The van der Waals surface area contributed by atoms with Gasteiger partial charge in [-0.1, -0.05) is 0 Å². The molecule has 5 nitrogen and oxygen atoms in total. The Morgan fingerprint density at radius 1 is 1.44 bits per heavy atom. The van der Waals surface area contributed by atoms with E-state index in [1.54, 1.807) is 12.1 Å². The van der Waals surface area contributed by atoms with E-state index in [2.05, 4.69) is 33.2 Å². The van der Waals surface area contributed by atoms with Gasteiger partial charge in [0.15, 0.2) is 0 Å². The number of likely N-dealkylation sites (tertiary alicyclic amines) is 1. The monoisotopic (exact) mass is 313 g/mol. The van der Waals surface area contributed by atoms with Gasteiger partial charge in [-0.3, -0.25) is 10.1 Å². The second-order valence-corrected chi connectivity index (χ2v) is 5.50. The summed E-state index contributed by atoms with van der Waals surface area (Å²) in [5, 5.41) is 14.1. The van der Waals surface area contributed by atoms with Gasteiger partial charge in [0.05, 0.1) is 10.6 Å². The van der Waals surface area contributed by atoms with Crippen LogP contribution in [0.3, 0.4) is 0 Å². The molecular formula is C12H16BrN3O2. The molecule has 0 amide bonds. The van der Waals surface area contributed by atoms with Gasteiger partial charge in [0.25, 0.3) is 5.69 Å². The lowest BCUT2D eigenvalue weighted by Gasteiger charge is -2.30. The number of nitrogens with zero attached hydrogens (tertiary/aromatic N) is 2. The predicted molar refractivity (Wildman–Crippen MR) is 74.9 cm³/mol. The first-order chi connectivity index (χ1) is 8.56. The Balaban J connectivity index is 2.08. The van der Waals surface area contributed by atoms with Gasteiger partial charge >= 0.3 is 0 Å². The van der Waals surface area contributed by atoms with Crippen LogP contribution in [0.5, 0.6) is 0 Å². The third-order valence-corrected chi connectivity index (χ3v) is 3.93. The molecule has 0 aromatic heterocycles. The zero-order valence-electron chi connectivity index (χ0n) is 10.2. The van der Waals surface area contributed by atoms with E-state index in [9.17, 15) is 10.1 Å². The Bertz CT molecular complexity index is 445. The van der Waals surface area contributed by atoms with Crippen LogP contribution in [0, 0.1) is 10.1 Å². The fourth-order valence-corrected chi connectivity index (χ4v) is 2.47. The largest absolute Gasteiger partial charge is 0.381 e. The lowest BCUT2D eigenvalue weighted by atomic mass is 10.1. The lowest BCUT2D eigenvalue weighted by molar-refractivity contribution is -0.384. The van der Waals surface area contributed by atoms with Crippen LogP contribution in [0.25, 0.3) is 0 Å². The molecular weight excluding hydrogens is 298 g/mol. The van der Waals surface area contributed by atoms with Crippen LogP contribution < -0.4 is 5.32 Å². The van der Waals surface area contributed by atoms with Crippen molar-refractivity contribution in [2.24, 2.45) is 0 Å². The van der Waals surface area contributed by atoms with Crippen molar-refractivity contribution in [1.82, 2.24) is 4.90 Å². The van der Waals surface area contributed by atoms with Crippen molar-refractivity contribution < 1.29 is 4.92 Å². The molecule has 0 bridgehead atoms. The molecule has 1 heterocycles. The predicted octanol–water partition coefficient (Wildman–Crippen LogP) is 2.86. The molecule has 98 valence electrons. The van der Waals surface area contributed by atoms with E-state index in [0.29, 0.717) is 6.04 Å². The smallest absolute Gasteiger partial charge is 0.271 e. The molecule has 2 rings (SSSR count). The number of halogens is 1. The van der Waals surface area contributed by atoms with E-state index in [1.807, 2.05) is 0 Å². The summed E-state index contributed by atoms with van der Waals surface area (Å²) in [4.78, 5) is 12.7. The summed E-state index contributed by atoms with van der Waals surface area (Å²) in [6.45, 7) is 2.12. The summed E-state index contributed by atoms with van der Waals surface area (Å²) in [5.41, 5.74) is 0.924. The molecule has 1 aromatic rings. The van der Waals surface area contributed by atoms with E-state index < -0.39 is 0 Å². The molecule has 1 aliphatic rings. The maximum atomic E-state index is 10.8. The fraction of sp³-hybridized carbons (Fsp3) is 0.500. The van der Waals surface area contributed by atoms with Gasteiger partial charge in [0.2, 0.25) is 0 Å². The Labute approximate surface area is 114 Å². The zero-order chi connectivity index (χ0) is 13.1. The first-order valence-electron chi connectivity index (χ1n) is 5.95. The summed E-state index contributed by atoms with van der Waals surface area (Å²) < 4.78 is 0.868. The zero-order valence-corrected chi connectivity index (χ0v) is 11.8. The summed E-state index contributed by atoms with van der Waals surface area (Å²) in [6.07, 6.45) is 2.12. The van der Waals surface area contributed by atoms with E-state index in [4.69, 9.17) is 0 Å². The van der Waals surface area contributed by atoms with Crippen molar-refractivity contribution in [3.05, 3.63) is 32.8 Å². The number of anilines is 1. The van der Waals surface area contributed by atoms with Crippen LogP contribution in [-0.4, -0.2) is 36.0 Å². The molecule has 1 N–H and O–H groups in total. The summed E-state index contributed by atoms with van der Waals surface area (Å²) in [7, 11) is 2.11. The molecule has 0 spiro atoms. The van der Waals surface area contributed by atoms with Crippen LogP contribution in [0.2, 0.25) is 0 Å². The molecule has 0 atom stereocenters. The van der Waals surface area contributed by atoms with E-state index >= 15 is 0 Å². The molecule has 18 heavy (non-hydrogen) atoms. The Morgan fingerprint density at radius 2 is 2.11 bits per heavy atom. The van der Waals surface area contributed by atoms with Crippen LogP contribution in [0.4, 0.5) is 11.4 Å². The molecule has 1 aliphatic heterocycles. The summed E-state index contributed by atoms with van der Waals surface area (Å²) in [6, 6.07) is 5.20. The first kappa shape index (κ1) is 13.3. The third-order valence-electron chi connectivity index (χ3n) is 3.24. The maximum Gasteiger partial charge on any atom is 0.271 e. The first-order valence-corrected chi connectivity index (χ1v) is 6.74. The highest BCUT2D eigenvalue weighted by Crippen LogP contribution is 2.28. The number of nitro groups is 1. The van der Waals surface area contributed by atoms with Crippen molar-refractivity contribution >= 4 is 27.3 Å². The van der Waals surface area contributed by atoms with Gasteiger partial charge in [-0.05, 0) is 55.0 Å². The number of benzene rings is 1. The average molecular weight is 314 g/mol. The average Bonchev–Trinajstić information content (AvgIpc) is 2.34. The van der Waals surface area contributed by atoms with Crippen LogP contribution in [0.15, 0.2) is 22.7 Å². The number of piperidine rings is 1. The molecule has 6 heteroatoms. The minimum Gasteiger partial charge on any atom is -0.381 e. The standard InChI is InChI=1S/C12H16BrN3O2/c1-15-6-4-9(5-7-15)14-12-8-10(16(17)18)2-3-11(12)13/h2-3,8-9,14H,4-7H2,1H3. The number of nitrogens with one attached hydrogen (secondary N) is 1. The number of rotatable bonds is 3. The van der Waals surface area contributed by atoms with Crippen LogP contribution in [0.1, 0.15) is 12.8 Å². The molecule has 1 saturated heterocycles. The molecule has 1 fully saturated rings. The topological polar surface area (TPSA) is 58.4 Å². The summed E-state index contributed by atoms with van der Waals surface area (Å²) >= 11 is 3.42. The Kier molecular flexibility index (Phi) is 4.19. The minimum atomic E-state index is -0.369. The second-order valence-electron chi connectivity index (χ2n) is 4.64. The molecule has 1 aromatic carbocycles. The number of hydrogen-bond donors (Lipinski definition) is 1. The van der Waals surface area contributed by atoms with Gasteiger partial charge in [-0.25, -0.2) is 0 Å². The van der Waals surface area contributed by atoms with Gasteiger partial charge in [0.1, 0.15) is 0 Å². The molecule has 0 unspecified atom stereocenters. The van der Waals surface area contributed by atoms with Crippen molar-refractivity contribution in [3.8, 4) is 0 Å². The quantitative estimate of drug-likeness (QED) is 0.688. The molecule has 0 radical (unpaired) electrons. The lowest BCUT2D eigenvalue weighted by Crippen LogP contribution is -2.36. The highest BCUT2D eigenvalue weighted by Gasteiger charge is 2.18. The molecule has 0 saturated carbocycles. The minimum absolute atomic E-state index is 0.119. The van der Waals surface area contributed by atoms with Gasteiger partial charge in [-0.15, -0.1) is 0 Å². The SMILES string of the molecule is CN1CCC(Nc2cc([N+](=O)[O-])ccc2Br)CC1. The molecule has 0 aliphatic carbocycles. The van der Waals surface area contributed by atoms with E-state index in [0.717, 1.165) is 36.1 Å². The van der Waals surface area contributed by atoms with Gasteiger partial charge in [0, 0.05) is 22.6 Å². The van der Waals surface area contributed by atoms with Crippen molar-refractivity contribution in [2.45, 2.75) is 18.9 Å². The summed E-state index contributed by atoms with van der Waals surface area (Å²) in [5.74, 6) is 0. The van der Waals surface area contributed by atoms with Crippen molar-refractivity contribution in [2.75, 3.05) is 25.5 Å². The van der Waals surface area contributed by atoms with Gasteiger partial charge in [-0.2, -0.15) is 0 Å². The highest BCUT2D eigenvalue weighted by molar-refractivity contribution is 9.10. The van der Waals surface area contributed by atoms with Crippen LogP contribution in [-0.2, 0) is 0 Å². The number of non-ortho nitro benzene ring substituents is 1. The Hall–Kier alpha value is -1.14. The Morgan fingerprint density at radius 3 is 2.72 bits per heavy atom. The van der Waals surface area contributed by atoms with E-state index in [1.165, 1.54) is 6.07 Å². The maximum absolute atomic E-state index is 10.8.